The Bertz CT molecular complexity index is 919. The summed E-state index contributed by atoms with van der Waals surface area (Å²) in [6.45, 7) is 14.1. The predicted molar refractivity (Wildman–Crippen MR) is 143 cm³/mol. The second-order valence-electron chi connectivity index (χ2n) is 14.2. The topological polar surface area (TPSA) is 44.8 Å². The van der Waals surface area contributed by atoms with Gasteiger partial charge in [0.05, 0.1) is 25.7 Å². The Morgan fingerprint density at radius 1 is 0.972 bits per heavy atom. The Kier molecular flexibility index (Phi) is 6.36. The molecule has 4 heteroatoms. The van der Waals surface area contributed by atoms with Crippen LogP contribution in [0.3, 0.4) is 0 Å². The van der Waals surface area contributed by atoms with Gasteiger partial charge >= 0.3 is 5.97 Å². The van der Waals surface area contributed by atoms with Crippen LogP contribution in [0.4, 0.5) is 0 Å². The van der Waals surface area contributed by atoms with E-state index in [0.717, 1.165) is 58.2 Å². The van der Waals surface area contributed by atoms with E-state index in [1.165, 1.54) is 19.3 Å². The van der Waals surface area contributed by atoms with Crippen LogP contribution >= 0.6 is 0 Å². The molecular weight excluding hydrogens is 448 g/mol. The number of carbonyl (C=O) groups excluding carboxylic acids is 1. The molecule has 0 radical (unpaired) electrons. The molecule has 9 unspecified atom stereocenters. The van der Waals surface area contributed by atoms with E-state index in [1.54, 1.807) is 12.7 Å². The van der Waals surface area contributed by atoms with Gasteiger partial charge in [0.15, 0.2) is 5.79 Å². The summed E-state index contributed by atoms with van der Waals surface area (Å²) in [6, 6.07) is 0. The van der Waals surface area contributed by atoms with Gasteiger partial charge in [-0.3, -0.25) is 4.79 Å². The van der Waals surface area contributed by atoms with Crippen LogP contribution in [0, 0.1) is 51.2 Å². The Hall–Kier alpha value is -0.870. The highest BCUT2D eigenvalue weighted by atomic mass is 16.7. The highest BCUT2D eigenvalue weighted by Gasteiger charge is 2.69. The first-order valence-corrected chi connectivity index (χ1v) is 14.6. The quantitative estimate of drug-likeness (QED) is 0.275. The van der Waals surface area contributed by atoms with Crippen LogP contribution in [0.5, 0.6) is 0 Å². The van der Waals surface area contributed by atoms with Crippen LogP contribution in [-0.4, -0.2) is 32.1 Å². The molecule has 5 fully saturated rings. The monoisotopic (exact) mass is 500 g/mol. The third kappa shape index (κ3) is 3.15. The lowest BCUT2D eigenvalue weighted by Crippen LogP contribution is -2.65. The Morgan fingerprint density at radius 2 is 1.69 bits per heavy atom. The number of esters is 1. The minimum absolute atomic E-state index is 0. The molecule has 1 saturated heterocycles. The number of methoxy groups -OCH3 is 1. The summed E-state index contributed by atoms with van der Waals surface area (Å²) in [5.74, 6) is 2.54. The molecule has 4 saturated carbocycles. The zero-order chi connectivity index (χ0) is 24.9. The Morgan fingerprint density at radius 3 is 2.39 bits per heavy atom. The minimum Gasteiger partial charge on any atom is -0.469 e. The van der Waals surface area contributed by atoms with Gasteiger partial charge in [0, 0.05) is 12.3 Å². The van der Waals surface area contributed by atoms with Crippen LogP contribution in [0.15, 0.2) is 11.6 Å². The van der Waals surface area contributed by atoms with Crippen molar-refractivity contribution in [2.24, 2.45) is 51.2 Å². The maximum absolute atomic E-state index is 13.3. The molecule has 4 nitrogen and oxygen atoms in total. The van der Waals surface area contributed by atoms with E-state index in [4.69, 9.17) is 14.2 Å². The molecule has 9 atom stereocenters. The molecule has 1 aliphatic heterocycles. The molecular formula is C32H52O4. The van der Waals surface area contributed by atoms with Gasteiger partial charge in [0.2, 0.25) is 0 Å². The third-order valence-corrected chi connectivity index (χ3v) is 13.4. The molecule has 5 aliphatic carbocycles. The highest BCUT2D eigenvalue weighted by Crippen LogP contribution is 2.75. The third-order valence-electron chi connectivity index (χ3n) is 13.4. The first kappa shape index (κ1) is 26.7. The number of carbonyl (C=O) groups is 1. The molecule has 0 aromatic rings. The fraction of sp³-hybridized carbons (Fsp3) is 0.906. The maximum atomic E-state index is 13.3. The lowest BCUT2D eigenvalue weighted by Gasteiger charge is -2.70. The highest BCUT2D eigenvalue weighted by molar-refractivity contribution is 5.78. The molecule has 0 N–H and O–H groups in total. The number of rotatable bonds is 1. The molecule has 204 valence electrons. The van der Waals surface area contributed by atoms with Gasteiger partial charge in [0.1, 0.15) is 0 Å². The summed E-state index contributed by atoms with van der Waals surface area (Å²) in [5.41, 5.74) is 2.09. The Balaban J connectivity index is 0.00000267. The van der Waals surface area contributed by atoms with Crippen LogP contribution < -0.4 is 0 Å². The van der Waals surface area contributed by atoms with E-state index in [-0.39, 0.29) is 35.4 Å². The van der Waals surface area contributed by atoms with Crippen molar-refractivity contribution in [1.82, 2.24) is 0 Å². The summed E-state index contributed by atoms with van der Waals surface area (Å²) < 4.78 is 18.1. The van der Waals surface area contributed by atoms with Crippen molar-refractivity contribution in [3.05, 3.63) is 11.6 Å². The van der Waals surface area contributed by atoms with Gasteiger partial charge in [-0.25, -0.2) is 0 Å². The fourth-order valence-corrected chi connectivity index (χ4v) is 11.1. The van der Waals surface area contributed by atoms with Gasteiger partial charge in [-0.2, -0.15) is 0 Å². The first-order valence-electron chi connectivity index (χ1n) is 14.6. The van der Waals surface area contributed by atoms with Gasteiger partial charge < -0.3 is 14.2 Å². The van der Waals surface area contributed by atoms with E-state index in [2.05, 4.69) is 40.7 Å². The molecule has 1 spiro atoms. The summed E-state index contributed by atoms with van der Waals surface area (Å²) in [7, 11) is 1.60. The number of allylic oxidation sites excluding steroid dienone is 2. The lowest BCUT2D eigenvalue weighted by molar-refractivity contribution is -0.270. The lowest BCUT2D eigenvalue weighted by atomic mass is 9.34. The van der Waals surface area contributed by atoms with Crippen LogP contribution in [0.1, 0.15) is 106 Å². The molecule has 1 heterocycles. The zero-order valence-corrected chi connectivity index (χ0v) is 23.1. The standard InChI is InChI=1S/C31H48O4.CH4/c1-20-9-12-30(26(32)33-6)15-14-28(4)23(24(30)19-20)7-8-25-27(3)13-16-31(34-17-18-35-31)21(2)22(27)10-11-29(25,28)5;/h7,20-22,24-25H,8-19H2,1-6H3;1H4. The van der Waals surface area contributed by atoms with Crippen molar-refractivity contribution in [2.75, 3.05) is 20.3 Å². The number of fused-ring (bicyclic) bond motifs is 7. The molecule has 0 aromatic heterocycles. The Labute approximate surface area is 220 Å². The van der Waals surface area contributed by atoms with E-state index < -0.39 is 0 Å². The average molecular weight is 501 g/mol. The molecule has 6 rings (SSSR count). The minimum atomic E-state index is -0.333. The number of ether oxygens (including phenoxy) is 3. The smallest absolute Gasteiger partial charge is 0.312 e. The predicted octanol–water partition coefficient (Wildman–Crippen LogP) is 7.56. The van der Waals surface area contributed by atoms with E-state index in [9.17, 15) is 4.79 Å². The van der Waals surface area contributed by atoms with Gasteiger partial charge in [-0.05, 0) is 97.7 Å². The summed E-state index contributed by atoms with van der Waals surface area (Å²) in [4.78, 5) is 13.3. The summed E-state index contributed by atoms with van der Waals surface area (Å²) >= 11 is 0. The second kappa shape index (κ2) is 8.57. The van der Waals surface area contributed by atoms with Gasteiger partial charge in [-0.1, -0.05) is 53.7 Å². The van der Waals surface area contributed by atoms with Gasteiger partial charge in [-0.15, -0.1) is 0 Å². The van der Waals surface area contributed by atoms with Crippen molar-refractivity contribution in [3.63, 3.8) is 0 Å². The van der Waals surface area contributed by atoms with Crippen LogP contribution in [0.2, 0.25) is 0 Å². The van der Waals surface area contributed by atoms with E-state index in [0.29, 0.717) is 35.0 Å². The van der Waals surface area contributed by atoms with Crippen LogP contribution in [-0.2, 0) is 19.0 Å². The van der Waals surface area contributed by atoms with Crippen molar-refractivity contribution >= 4 is 5.97 Å². The second-order valence-corrected chi connectivity index (χ2v) is 14.2. The molecule has 36 heavy (non-hydrogen) atoms. The van der Waals surface area contributed by atoms with E-state index in [1.807, 2.05) is 0 Å². The van der Waals surface area contributed by atoms with E-state index >= 15 is 0 Å². The van der Waals surface area contributed by atoms with Crippen molar-refractivity contribution in [2.45, 2.75) is 112 Å². The maximum Gasteiger partial charge on any atom is 0.312 e. The zero-order valence-electron chi connectivity index (χ0n) is 23.1. The van der Waals surface area contributed by atoms with Crippen molar-refractivity contribution in [1.29, 1.82) is 0 Å². The molecule has 0 amide bonds. The average Bonchev–Trinajstić information content (AvgIpc) is 3.32. The van der Waals surface area contributed by atoms with Crippen molar-refractivity contribution in [3.8, 4) is 0 Å². The fourth-order valence-electron chi connectivity index (χ4n) is 11.1. The number of hydrogen-bond acceptors (Lipinski definition) is 4. The molecule has 6 aliphatic rings. The van der Waals surface area contributed by atoms with Crippen LogP contribution in [0.25, 0.3) is 0 Å². The van der Waals surface area contributed by atoms with Gasteiger partial charge in [0.25, 0.3) is 0 Å². The van der Waals surface area contributed by atoms with Crippen molar-refractivity contribution < 1.29 is 19.0 Å². The summed E-state index contributed by atoms with van der Waals surface area (Å²) in [5, 5.41) is 0. The number of hydrogen-bond donors (Lipinski definition) is 0. The molecule has 0 bridgehead atoms. The first-order chi connectivity index (χ1) is 16.6. The SMILES string of the molecule is C.COC(=O)C12CCC(C)CC1C1=CCC3C4(C)CCC5(OCCO5)C(C)C4CCC3(C)C1(C)CC2. The largest absolute Gasteiger partial charge is 0.469 e. The summed E-state index contributed by atoms with van der Waals surface area (Å²) in [6.07, 6.45) is 14.0. The molecule has 0 aromatic carbocycles. The normalized spacial score (nSPS) is 51.1.